The molecule has 0 unspecified atom stereocenters. The van der Waals surface area contributed by atoms with Gasteiger partial charge in [-0.2, -0.15) is 4.98 Å². The molecule has 0 atom stereocenters. The van der Waals surface area contributed by atoms with Gasteiger partial charge in [0.2, 0.25) is 11.7 Å². The van der Waals surface area contributed by atoms with Crippen LogP contribution in [-0.2, 0) is 0 Å². The van der Waals surface area contributed by atoms with Crippen LogP contribution in [0.2, 0.25) is 10.0 Å². The zero-order valence-corrected chi connectivity index (χ0v) is 17.9. The minimum Gasteiger partial charge on any atom is -0.435 e. The first-order valence-corrected chi connectivity index (χ1v) is 10.4. The number of hydrogen-bond acceptors (Lipinski definition) is 5. The molecule has 2 heterocycles. The number of ketones is 2. The van der Waals surface area contributed by atoms with Gasteiger partial charge in [0.05, 0.1) is 15.6 Å². The van der Waals surface area contributed by atoms with Crippen molar-refractivity contribution in [3.05, 3.63) is 78.9 Å². The Morgan fingerprint density at radius 2 is 1.33 bits per heavy atom. The fourth-order valence-corrected chi connectivity index (χ4v) is 4.54. The Labute approximate surface area is 193 Å². The van der Waals surface area contributed by atoms with E-state index in [9.17, 15) is 31.5 Å². The van der Waals surface area contributed by atoms with E-state index in [2.05, 4.69) is 4.98 Å². The predicted octanol–water partition coefficient (Wildman–Crippen LogP) is 7.02. The van der Waals surface area contributed by atoms with E-state index >= 15 is 0 Å². The molecule has 0 aliphatic heterocycles. The van der Waals surface area contributed by atoms with Gasteiger partial charge in [-0.25, -0.2) is 22.0 Å². The van der Waals surface area contributed by atoms with Crippen LogP contribution in [-0.4, -0.2) is 16.6 Å². The molecule has 1 aliphatic carbocycles. The standard InChI is InChI=1S/C21H4Cl2F5NO3S/c22-9-3-6-7(4-10(9)23)19(31)8(18(6)30)1-5-2-11-21(33-5)29-20(32-11)12-13(24)15(26)17(28)16(27)14(12)25/h1-4H. The lowest BCUT2D eigenvalue weighted by molar-refractivity contribution is 0.0990. The number of nitrogens with zero attached hydrogens (tertiary/aromatic N) is 1. The molecule has 4 aromatic rings. The van der Waals surface area contributed by atoms with Gasteiger partial charge in [0.15, 0.2) is 45.2 Å². The third-order valence-corrected chi connectivity index (χ3v) is 6.54. The Bertz CT molecular complexity index is 1490. The molecule has 0 radical (unpaired) electrons. The van der Waals surface area contributed by atoms with Gasteiger partial charge in [-0.05, 0) is 18.2 Å². The van der Waals surface area contributed by atoms with Crippen molar-refractivity contribution in [1.29, 1.82) is 0 Å². The summed E-state index contributed by atoms with van der Waals surface area (Å²) in [5.41, 5.74) is -1.35. The average Bonchev–Trinajstić information content (AvgIpc) is 3.39. The fraction of sp³-hybridized carbons (Fsp3) is 0. The monoisotopic (exact) mass is 515 g/mol. The zero-order chi connectivity index (χ0) is 23.8. The number of carbonyl (C=O) groups is 2. The molecule has 0 fully saturated rings. The van der Waals surface area contributed by atoms with Gasteiger partial charge >= 0.3 is 0 Å². The summed E-state index contributed by atoms with van der Waals surface area (Å²) in [5.74, 6) is -12.7. The number of rotatable bonds is 2. The highest BCUT2D eigenvalue weighted by molar-refractivity contribution is 7.19. The Balaban J connectivity index is 1.55. The van der Waals surface area contributed by atoms with Crippen LogP contribution in [0.5, 0.6) is 0 Å². The van der Waals surface area contributed by atoms with Crippen molar-refractivity contribution in [1.82, 2.24) is 4.98 Å². The van der Waals surface area contributed by atoms with Gasteiger partial charge in [-0.15, -0.1) is 11.3 Å². The summed E-state index contributed by atoms with van der Waals surface area (Å²) < 4.78 is 73.5. The van der Waals surface area contributed by atoms with Gasteiger partial charge in [-0.3, -0.25) is 9.59 Å². The number of allylic oxidation sites excluding steroid dienone is 1. The fourth-order valence-electron chi connectivity index (χ4n) is 3.31. The van der Waals surface area contributed by atoms with Gasteiger partial charge in [0.25, 0.3) is 0 Å². The Hall–Kier alpha value is -3.08. The highest BCUT2D eigenvalue weighted by atomic mass is 35.5. The summed E-state index contributed by atoms with van der Waals surface area (Å²) in [6.45, 7) is 0. The van der Waals surface area contributed by atoms with Crippen LogP contribution in [0.4, 0.5) is 22.0 Å². The van der Waals surface area contributed by atoms with Gasteiger partial charge in [0, 0.05) is 22.1 Å². The number of carbonyl (C=O) groups excluding carboxylic acids is 2. The number of fused-ring (bicyclic) bond motifs is 2. The quantitative estimate of drug-likeness (QED) is 0.0945. The molecule has 0 N–H and O–H groups in total. The number of Topliss-reactive ketones (excluding diaryl/α,β-unsaturated/α-hetero) is 2. The highest BCUT2D eigenvalue weighted by Crippen LogP contribution is 2.38. The second-order valence-electron chi connectivity index (χ2n) is 6.81. The first-order valence-electron chi connectivity index (χ1n) is 8.80. The van der Waals surface area contributed by atoms with Crippen LogP contribution in [0.1, 0.15) is 25.6 Å². The van der Waals surface area contributed by atoms with E-state index < -0.39 is 52.1 Å². The summed E-state index contributed by atoms with van der Waals surface area (Å²) >= 11 is 12.7. The lowest BCUT2D eigenvalue weighted by Crippen LogP contribution is -2.04. The lowest BCUT2D eigenvalue weighted by atomic mass is 10.1. The summed E-state index contributed by atoms with van der Waals surface area (Å²) in [6, 6.07) is 3.88. The van der Waals surface area contributed by atoms with Crippen molar-refractivity contribution in [2.75, 3.05) is 0 Å². The number of thiophene rings is 1. The maximum atomic E-state index is 14.0. The minimum atomic E-state index is -2.30. The smallest absolute Gasteiger partial charge is 0.234 e. The number of benzene rings is 2. The Morgan fingerprint density at radius 3 is 1.85 bits per heavy atom. The molecule has 0 amide bonds. The lowest BCUT2D eigenvalue weighted by Gasteiger charge is -2.04. The van der Waals surface area contributed by atoms with Gasteiger partial charge in [-0.1, -0.05) is 23.2 Å². The van der Waals surface area contributed by atoms with Crippen LogP contribution >= 0.6 is 34.5 Å². The topological polar surface area (TPSA) is 60.2 Å². The zero-order valence-electron chi connectivity index (χ0n) is 15.5. The average molecular weight is 516 g/mol. The third-order valence-electron chi connectivity index (χ3n) is 4.86. The first kappa shape index (κ1) is 21.7. The molecule has 166 valence electrons. The van der Waals surface area contributed by atoms with Crippen LogP contribution in [0, 0.1) is 29.1 Å². The molecule has 0 bridgehead atoms. The van der Waals surface area contributed by atoms with Crippen LogP contribution in [0.25, 0.3) is 27.9 Å². The van der Waals surface area contributed by atoms with Gasteiger partial charge < -0.3 is 4.42 Å². The molecule has 0 spiro atoms. The normalized spacial score (nSPS) is 13.4. The SMILES string of the molecule is O=C1C(=Cc2cc3oc(-c4c(F)c(F)c(F)c(F)c4F)nc3s2)C(=O)c2cc(Cl)c(Cl)cc21. The summed E-state index contributed by atoms with van der Waals surface area (Å²) in [6.07, 6.45) is 1.27. The van der Waals surface area contributed by atoms with E-state index in [1.54, 1.807) is 0 Å². The highest BCUT2D eigenvalue weighted by Gasteiger charge is 2.34. The molecule has 5 rings (SSSR count). The number of aromatic nitrogens is 1. The number of hydrogen-bond donors (Lipinski definition) is 0. The molecule has 0 saturated carbocycles. The summed E-state index contributed by atoms with van der Waals surface area (Å²) in [4.78, 5) is 29.4. The van der Waals surface area contributed by atoms with Crippen LogP contribution in [0.3, 0.4) is 0 Å². The van der Waals surface area contributed by atoms with Crippen molar-refractivity contribution >= 4 is 62.6 Å². The molecule has 2 aromatic heterocycles. The maximum Gasteiger partial charge on any atom is 0.234 e. The van der Waals surface area contributed by atoms with Crippen LogP contribution < -0.4 is 0 Å². The first-order chi connectivity index (χ1) is 15.6. The van der Waals surface area contributed by atoms with Crippen molar-refractivity contribution < 1.29 is 36.0 Å². The predicted molar refractivity (Wildman–Crippen MR) is 110 cm³/mol. The molecule has 33 heavy (non-hydrogen) atoms. The van der Waals surface area contributed by atoms with Crippen molar-refractivity contribution in [2.24, 2.45) is 0 Å². The molecular weight excluding hydrogens is 512 g/mol. The van der Waals surface area contributed by atoms with Crippen LogP contribution in [0.15, 0.2) is 28.2 Å². The molecule has 2 aromatic carbocycles. The summed E-state index contributed by atoms with van der Waals surface area (Å²) in [5, 5.41) is 0.215. The van der Waals surface area contributed by atoms with E-state index in [1.165, 1.54) is 24.3 Å². The minimum absolute atomic E-state index is 0.0438. The van der Waals surface area contributed by atoms with E-state index in [4.69, 9.17) is 27.6 Å². The molecule has 12 heteroatoms. The second-order valence-corrected chi connectivity index (χ2v) is 8.69. The van der Waals surface area contributed by atoms with Crippen molar-refractivity contribution in [2.45, 2.75) is 0 Å². The van der Waals surface area contributed by atoms with Crippen molar-refractivity contribution in [3.63, 3.8) is 0 Å². The molecule has 0 saturated heterocycles. The Kier molecular flexibility index (Phi) is 4.93. The molecular formula is C21H4Cl2F5NO3S. The maximum absolute atomic E-state index is 14.0. The Morgan fingerprint density at radius 1 is 0.818 bits per heavy atom. The second kappa shape index (κ2) is 7.47. The third kappa shape index (κ3) is 3.20. The number of oxazole rings is 1. The van der Waals surface area contributed by atoms with Gasteiger partial charge in [0.1, 0.15) is 5.56 Å². The van der Waals surface area contributed by atoms with E-state index in [0.29, 0.717) is 4.88 Å². The largest absolute Gasteiger partial charge is 0.435 e. The van der Waals surface area contributed by atoms with E-state index in [0.717, 1.165) is 11.3 Å². The number of halogens is 7. The molecule has 1 aliphatic rings. The molecule has 4 nitrogen and oxygen atoms in total. The van der Waals surface area contributed by atoms with E-state index in [1.807, 2.05) is 0 Å². The summed E-state index contributed by atoms with van der Waals surface area (Å²) in [7, 11) is 0. The van der Waals surface area contributed by atoms with Crippen molar-refractivity contribution in [3.8, 4) is 11.5 Å². The van der Waals surface area contributed by atoms with E-state index in [-0.39, 0.29) is 37.2 Å².